The standard InChI is InChI=1S/C29H31N7O2/c1-35-13-15-36(16-14-35)23-9-6-20(7-10-23)28(37)32-27-24-17-21(8-11-25(24)33-34-27)29(38)31-26(19-4-5-19)22-3-2-12-30-18-22/h2-3,6-12,17-19,26H,4-5,13-16H2,1H3,(H,31,38)(H2,32,33,34,37). The van der Waals surface area contributed by atoms with Gasteiger partial charge in [0.05, 0.1) is 11.6 Å². The summed E-state index contributed by atoms with van der Waals surface area (Å²) in [7, 11) is 2.13. The summed E-state index contributed by atoms with van der Waals surface area (Å²) in [6.07, 6.45) is 5.73. The monoisotopic (exact) mass is 509 g/mol. The topological polar surface area (TPSA) is 106 Å². The molecule has 6 rings (SSSR count). The lowest BCUT2D eigenvalue weighted by atomic mass is 10.0. The molecule has 3 N–H and O–H groups in total. The van der Waals surface area contributed by atoms with Gasteiger partial charge in [0, 0.05) is 60.8 Å². The molecular formula is C29H31N7O2. The van der Waals surface area contributed by atoms with Crippen molar-refractivity contribution in [3.63, 3.8) is 0 Å². The summed E-state index contributed by atoms with van der Waals surface area (Å²) in [6, 6.07) is 16.8. The lowest BCUT2D eigenvalue weighted by molar-refractivity contribution is 0.0931. The summed E-state index contributed by atoms with van der Waals surface area (Å²) >= 11 is 0. The van der Waals surface area contributed by atoms with Crippen molar-refractivity contribution in [2.45, 2.75) is 18.9 Å². The number of H-pyrrole nitrogens is 1. The maximum atomic E-state index is 13.2. The molecule has 194 valence electrons. The van der Waals surface area contributed by atoms with E-state index < -0.39 is 0 Å². The van der Waals surface area contributed by atoms with E-state index in [2.05, 4.69) is 42.7 Å². The number of aromatic nitrogens is 3. The van der Waals surface area contributed by atoms with Crippen LogP contribution in [0.2, 0.25) is 0 Å². The summed E-state index contributed by atoms with van der Waals surface area (Å²) in [4.78, 5) is 35.1. The largest absolute Gasteiger partial charge is 0.369 e. The number of rotatable bonds is 7. The second-order valence-electron chi connectivity index (χ2n) is 10.2. The van der Waals surface area contributed by atoms with Crippen molar-refractivity contribution in [2.75, 3.05) is 43.4 Å². The Balaban J connectivity index is 1.16. The second kappa shape index (κ2) is 10.3. The minimum atomic E-state index is -0.247. The van der Waals surface area contributed by atoms with E-state index in [9.17, 15) is 9.59 Å². The fraction of sp³-hybridized carbons (Fsp3) is 0.310. The maximum absolute atomic E-state index is 13.2. The molecular weight excluding hydrogens is 478 g/mol. The Bertz CT molecular complexity index is 1440. The molecule has 0 radical (unpaired) electrons. The highest BCUT2D eigenvalue weighted by molar-refractivity contribution is 6.09. The number of carbonyl (C=O) groups is 2. The fourth-order valence-electron chi connectivity index (χ4n) is 5.01. The molecule has 2 fully saturated rings. The van der Waals surface area contributed by atoms with E-state index in [1.165, 1.54) is 0 Å². The van der Waals surface area contributed by atoms with E-state index in [1.807, 2.05) is 48.7 Å². The van der Waals surface area contributed by atoms with Gasteiger partial charge in [-0.3, -0.25) is 19.7 Å². The van der Waals surface area contributed by atoms with Crippen molar-refractivity contribution in [1.82, 2.24) is 25.4 Å². The van der Waals surface area contributed by atoms with Crippen molar-refractivity contribution < 1.29 is 9.59 Å². The van der Waals surface area contributed by atoms with Crippen LogP contribution in [-0.4, -0.2) is 65.1 Å². The quantitative estimate of drug-likeness (QED) is 0.350. The van der Waals surface area contributed by atoms with Crippen molar-refractivity contribution in [1.29, 1.82) is 0 Å². The van der Waals surface area contributed by atoms with Gasteiger partial charge in [-0.1, -0.05) is 6.07 Å². The van der Waals surface area contributed by atoms with E-state index in [0.717, 1.165) is 55.8 Å². The van der Waals surface area contributed by atoms with Gasteiger partial charge in [-0.2, -0.15) is 5.10 Å². The van der Waals surface area contributed by atoms with Gasteiger partial charge in [0.15, 0.2) is 5.82 Å². The van der Waals surface area contributed by atoms with E-state index in [1.54, 1.807) is 18.3 Å². The first-order valence-corrected chi connectivity index (χ1v) is 13.1. The molecule has 9 nitrogen and oxygen atoms in total. The molecule has 2 amide bonds. The third kappa shape index (κ3) is 5.10. The molecule has 2 aromatic carbocycles. The third-order valence-electron chi connectivity index (χ3n) is 7.48. The Kier molecular flexibility index (Phi) is 6.51. The number of likely N-dealkylation sites (N-methyl/N-ethyl adjacent to an activating group) is 1. The average molecular weight is 510 g/mol. The van der Waals surface area contributed by atoms with Crippen LogP contribution < -0.4 is 15.5 Å². The number of aromatic amines is 1. The Morgan fingerprint density at radius 3 is 2.45 bits per heavy atom. The molecule has 1 aliphatic carbocycles. The van der Waals surface area contributed by atoms with Crippen LogP contribution in [0.5, 0.6) is 0 Å². The molecule has 0 bridgehead atoms. The molecule has 38 heavy (non-hydrogen) atoms. The average Bonchev–Trinajstić information content (AvgIpc) is 3.73. The molecule has 1 aliphatic heterocycles. The van der Waals surface area contributed by atoms with Gasteiger partial charge in [-0.15, -0.1) is 0 Å². The highest BCUT2D eigenvalue weighted by Crippen LogP contribution is 2.41. The van der Waals surface area contributed by atoms with Gasteiger partial charge in [0.2, 0.25) is 0 Å². The molecule has 1 saturated heterocycles. The summed E-state index contributed by atoms with van der Waals surface area (Å²) in [6.45, 7) is 4.00. The predicted octanol–water partition coefficient (Wildman–Crippen LogP) is 3.84. The zero-order valence-electron chi connectivity index (χ0n) is 21.4. The number of amides is 2. The van der Waals surface area contributed by atoms with Crippen LogP contribution in [0.4, 0.5) is 11.5 Å². The number of nitrogens with zero attached hydrogens (tertiary/aromatic N) is 4. The molecule has 2 aliphatic rings. The van der Waals surface area contributed by atoms with Crippen LogP contribution in [0.1, 0.15) is 45.2 Å². The molecule has 3 heterocycles. The first-order valence-electron chi connectivity index (χ1n) is 13.1. The number of nitrogens with one attached hydrogen (secondary N) is 3. The Hall–Kier alpha value is -4.24. The number of carbonyl (C=O) groups excluding carboxylic acids is 2. The zero-order chi connectivity index (χ0) is 26.1. The smallest absolute Gasteiger partial charge is 0.256 e. The summed E-state index contributed by atoms with van der Waals surface area (Å²) in [5.74, 6) is 0.418. The number of hydrogen-bond acceptors (Lipinski definition) is 6. The lowest BCUT2D eigenvalue weighted by Crippen LogP contribution is -2.44. The van der Waals surface area contributed by atoms with Gasteiger partial charge >= 0.3 is 0 Å². The van der Waals surface area contributed by atoms with Gasteiger partial charge in [-0.25, -0.2) is 0 Å². The van der Waals surface area contributed by atoms with E-state index in [4.69, 9.17) is 0 Å². The molecule has 9 heteroatoms. The number of hydrogen-bond donors (Lipinski definition) is 3. The minimum Gasteiger partial charge on any atom is -0.369 e. The Morgan fingerprint density at radius 1 is 0.974 bits per heavy atom. The third-order valence-corrected chi connectivity index (χ3v) is 7.48. The van der Waals surface area contributed by atoms with Gasteiger partial charge in [0.25, 0.3) is 11.8 Å². The van der Waals surface area contributed by atoms with Gasteiger partial charge in [-0.05, 0) is 79.9 Å². The van der Waals surface area contributed by atoms with Gasteiger partial charge < -0.3 is 20.4 Å². The lowest BCUT2D eigenvalue weighted by Gasteiger charge is -2.34. The number of piperazine rings is 1. The molecule has 4 aromatic rings. The van der Waals surface area contributed by atoms with Crippen LogP contribution >= 0.6 is 0 Å². The minimum absolute atomic E-state index is 0.0655. The van der Waals surface area contributed by atoms with E-state index in [0.29, 0.717) is 28.2 Å². The summed E-state index contributed by atoms with van der Waals surface area (Å²) < 4.78 is 0. The number of fused-ring (bicyclic) bond motifs is 1. The molecule has 0 spiro atoms. The Morgan fingerprint density at radius 2 is 1.74 bits per heavy atom. The van der Waals surface area contributed by atoms with Crippen molar-refractivity contribution in [2.24, 2.45) is 5.92 Å². The fourth-order valence-corrected chi connectivity index (χ4v) is 5.01. The van der Waals surface area contributed by atoms with Crippen LogP contribution in [0.25, 0.3) is 10.9 Å². The van der Waals surface area contributed by atoms with Crippen molar-refractivity contribution >= 4 is 34.2 Å². The molecule has 1 atom stereocenters. The maximum Gasteiger partial charge on any atom is 0.256 e. The van der Waals surface area contributed by atoms with Gasteiger partial charge in [0.1, 0.15) is 0 Å². The van der Waals surface area contributed by atoms with Crippen LogP contribution in [0, 0.1) is 5.92 Å². The second-order valence-corrected chi connectivity index (χ2v) is 10.2. The summed E-state index contributed by atoms with van der Waals surface area (Å²) in [5, 5.41) is 14.0. The first-order chi connectivity index (χ1) is 18.5. The predicted molar refractivity (Wildman–Crippen MR) is 147 cm³/mol. The van der Waals surface area contributed by atoms with Crippen molar-refractivity contribution in [3.8, 4) is 0 Å². The van der Waals surface area contributed by atoms with Crippen molar-refractivity contribution in [3.05, 3.63) is 83.7 Å². The highest BCUT2D eigenvalue weighted by Gasteiger charge is 2.33. The Labute approximate surface area is 221 Å². The first kappa shape index (κ1) is 24.1. The molecule has 1 unspecified atom stereocenters. The number of pyridine rings is 1. The molecule has 2 aromatic heterocycles. The number of benzene rings is 2. The normalized spacial score (nSPS) is 16.8. The van der Waals surface area contributed by atoms with Crippen LogP contribution in [-0.2, 0) is 0 Å². The highest BCUT2D eigenvalue weighted by atomic mass is 16.2. The molecule has 1 saturated carbocycles. The zero-order valence-corrected chi connectivity index (χ0v) is 21.4. The SMILES string of the molecule is CN1CCN(c2ccc(C(=O)Nc3n[nH]c4ccc(C(=O)NC(c5cccnc5)C5CC5)cc34)cc2)CC1. The summed E-state index contributed by atoms with van der Waals surface area (Å²) in [5.41, 5.74) is 3.94. The number of anilines is 2. The van der Waals surface area contributed by atoms with Crippen LogP contribution in [0.15, 0.2) is 67.0 Å². The van der Waals surface area contributed by atoms with E-state index in [-0.39, 0.29) is 17.9 Å². The van der Waals surface area contributed by atoms with E-state index >= 15 is 0 Å². The van der Waals surface area contributed by atoms with Crippen LogP contribution in [0.3, 0.4) is 0 Å².